The van der Waals surface area contributed by atoms with Crippen molar-refractivity contribution in [3.05, 3.63) is 35.6 Å². The van der Waals surface area contributed by atoms with Crippen molar-refractivity contribution < 1.29 is 9.26 Å². The number of aromatic nitrogens is 3. The number of rotatable bonds is 8. The molecule has 1 N–H and O–H groups in total. The lowest BCUT2D eigenvalue weighted by Crippen LogP contribution is -2.23. The zero-order chi connectivity index (χ0) is 15.1. The molecule has 21 heavy (non-hydrogen) atoms. The number of pyridine rings is 1. The molecular weight excluding hydrogens is 268 g/mol. The lowest BCUT2D eigenvalue weighted by molar-refractivity contribution is 0.369. The van der Waals surface area contributed by atoms with Crippen LogP contribution in [-0.2, 0) is 12.8 Å². The summed E-state index contributed by atoms with van der Waals surface area (Å²) in [5, 5.41) is 7.37. The molecule has 2 heterocycles. The Hall–Kier alpha value is -1.95. The third kappa shape index (κ3) is 5.15. The highest BCUT2D eigenvalue weighted by Crippen LogP contribution is 2.10. The van der Waals surface area contributed by atoms with Crippen LogP contribution in [0.5, 0.6) is 5.88 Å². The second-order valence-electron chi connectivity index (χ2n) is 5.20. The Morgan fingerprint density at radius 2 is 2.19 bits per heavy atom. The molecule has 0 atom stereocenters. The molecule has 0 saturated carbocycles. The largest absolute Gasteiger partial charge is 0.481 e. The van der Waals surface area contributed by atoms with Crippen molar-refractivity contribution in [3.63, 3.8) is 0 Å². The number of aryl methyl sites for hydroxylation is 1. The Labute approximate surface area is 124 Å². The molecule has 0 bridgehead atoms. The summed E-state index contributed by atoms with van der Waals surface area (Å²) >= 11 is 0. The zero-order valence-electron chi connectivity index (χ0n) is 12.8. The van der Waals surface area contributed by atoms with Crippen LogP contribution in [0.25, 0.3) is 0 Å². The Balaban J connectivity index is 1.81. The Morgan fingerprint density at radius 1 is 1.33 bits per heavy atom. The van der Waals surface area contributed by atoms with E-state index in [1.165, 1.54) is 0 Å². The number of hydrogen-bond donors (Lipinski definition) is 1. The molecule has 0 amide bonds. The fourth-order valence-electron chi connectivity index (χ4n) is 1.91. The van der Waals surface area contributed by atoms with Crippen LogP contribution in [0.15, 0.2) is 22.9 Å². The van der Waals surface area contributed by atoms with Crippen LogP contribution in [0.3, 0.4) is 0 Å². The molecule has 2 aromatic rings. The third-order valence-electron chi connectivity index (χ3n) is 3.00. The second kappa shape index (κ2) is 7.73. The van der Waals surface area contributed by atoms with Crippen LogP contribution in [-0.4, -0.2) is 34.8 Å². The maximum atomic E-state index is 5.25. The van der Waals surface area contributed by atoms with Gasteiger partial charge in [-0.15, -0.1) is 0 Å². The van der Waals surface area contributed by atoms with Gasteiger partial charge in [0.05, 0.1) is 7.11 Å². The Bertz CT molecular complexity index is 537. The van der Waals surface area contributed by atoms with Gasteiger partial charge in [-0.2, -0.15) is 4.98 Å². The summed E-state index contributed by atoms with van der Waals surface area (Å²) in [6, 6.07) is 4.29. The maximum absolute atomic E-state index is 5.25. The summed E-state index contributed by atoms with van der Waals surface area (Å²) < 4.78 is 10.3. The molecule has 114 valence electrons. The van der Waals surface area contributed by atoms with E-state index in [1.54, 1.807) is 13.3 Å². The van der Waals surface area contributed by atoms with Gasteiger partial charge in [-0.1, -0.05) is 25.1 Å². The Kier molecular flexibility index (Phi) is 5.68. The summed E-state index contributed by atoms with van der Waals surface area (Å²) in [6.45, 7) is 5.22. The SMILES string of the molecule is COc1ccc(Cc2noc(CCCNC(C)C)n2)cn1. The van der Waals surface area contributed by atoms with E-state index in [0.717, 1.165) is 24.9 Å². The molecule has 0 unspecified atom stereocenters. The van der Waals surface area contributed by atoms with Crippen molar-refractivity contribution >= 4 is 0 Å². The average molecular weight is 290 g/mol. The van der Waals surface area contributed by atoms with Crippen LogP contribution >= 0.6 is 0 Å². The first-order valence-electron chi connectivity index (χ1n) is 7.21. The molecule has 0 aliphatic carbocycles. The molecule has 0 fully saturated rings. The van der Waals surface area contributed by atoms with Crippen molar-refractivity contribution in [1.29, 1.82) is 0 Å². The molecule has 0 aliphatic heterocycles. The van der Waals surface area contributed by atoms with E-state index >= 15 is 0 Å². The van der Waals surface area contributed by atoms with E-state index in [4.69, 9.17) is 9.26 Å². The van der Waals surface area contributed by atoms with Gasteiger partial charge in [0.15, 0.2) is 5.82 Å². The smallest absolute Gasteiger partial charge is 0.226 e. The first-order valence-corrected chi connectivity index (χ1v) is 7.21. The summed E-state index contributed by atoms with van der Waals surface area (Å²) in [5.41, 5.74) is 1.03. The average Bonchev–Trinajstić information content (AvgIpc) is 2.92. The van der Waals surface area contributed by atoms with Crippen LogP contribution in [0, 0.1) is 0 Å². The van der Waals surface area contributed by atoms with Gasteiger partial charge in [0.1, 0.15) is 0 Å². The summed E-state index contributed by atoms with van der Waals surface area (Å²) in [5.74, 6) is 1.98. The number of hydrogen-bond acceptors (Lipinski definition) is 6. The zero-order valence-corrected chi connectivity index (χ0v) is 12.8. The lowest BCUT2D eigenvalue weighted by Gasteiger charge is -2.05. The molecular formula is C15H22N4O2. The van der Waals surface area contributed by atoms with E-state index in [2.05, 4.69) is 34.3 Å². The van der Waals surface area contributed by atoms with Crippen molar-refractivity contribution in [2.24, 2.45) is 0 Å². The molecule has 6 heteroatoms. The summed E-state index contributed by atoms with van der Waals surface area (Å²) in [4.78, 5) is 8.56. The summed E-state index contributed by atoms with van der Waals surface area (Å²) in [7, 11) is 1.60. The molecule has 0 aliphatic rings. The van der Waals surface area contributed by atoms with E-state index in [0.29, 0.717) is 30.1 Å². The molecule has 6 nitrogen and oxygen atoms in total. The molecule has 2 rings (SSSR count). The van der Waals surface area contributed by atoms with E-state index in [-0.39, 0.29) is 0 Å². The first-order chi connectivity index (χ1) is 10.2. The van der Waals surface area contributed by atoms with Crippen molar-refractivity contribution in [1.82, 2.24) is 20.4 Å². The highest BCUT2D eigenvalue weighted by Gasteiger charge is 2.07. The second-order valence-corrected chi connectivity index (χ2v) is 5.20. The fourth-order valence-corrected chi connectivity index (χ4v) is 1.91. The third-order valence-corrected chi connectivity index (χ3v) is 3.00. The van der Waals surface area contributed by atoms with Crippen LogP contribution in [0.2, 0.25) is 0 Å². The highest BCUT2D eigenvalue weighted by molar-refractivity contribution is 5.20. The quantitative estimate of drug-likeness (QED) is 0.750. The number of ether oxygens (including phenoxy) is 1. The minimum Gasteiger partial charge on any atom is -0.481 e. The van der Waals surface area contributed by atoms with E-state index in [9.17, 15) is 0 Å². The monoisotopic (exact) mass is 290 g/mol. The highest BCUT2D eigenvalue weighted by atomic mass is 16.5. The van der Waals surface area contributed by atoms with Gasteiger partial charge in [-0.05, 0) is 18.5 Å². The van der Waals surface area contributed by atoms with Gasteiger partial charge in [0.25, 0.3) is 0 Å². The predicted molar refractivity (Wildman–Crippen MR) is 79.4 cm³/mol. The topological polar surface area (TPSA) is 73.1 Å². The Morgan fingerprint density at radius 3 is 2.86 bits per heavy atom. The standard InChI is InChI=1S/C15H22N4O2/c1-11(2)16-8-4-5-15-18-13(19-21-15)9-12-6-7-14(20-3)17-10-12/h6-7,10-11,16H,4-5,8-9H2,1-3H3. The van der Waals surface area contributed by atoms with E-state index < -0.39 is 0 Å². The number of methoxy groups -OCH3 is 1. The van der Waals surface area contributed by atoms with Gasteiger partial charge in [0, 0.05) is 31.1 Å². The minimum atomic E-state index is 0.505. The van der Waals surface area contributed by atoms with Gasteiger partial charge >= 0.3 is 0 Å². The van der Waals surface area contributed by atoms with Crippen molar-refractivity contribution in [2.45, 2.75) is 39.2 Å². The fraction of sp³-hybridized carbons (Fsp3) is 0.533. The lowest BCUT2D eigenvalue weighted by atomic mass is 10.2. The molecule has 2 aromatic heterocycles. The molecule has 0 radical (unpaired) electrons. The van der Waals surface area contributed by atoms with Gasteiger partial charge in [-0.3, -0.25) is 0 Å². The minimum absolute atomic E-state index is 0.505. The van der Waals surface area contributed by atoms with Crippen LogP contribution in [0.4, 0.5) is 0 Å². The molecule has 0 aromatic carbocycles. The predicted octanol–water partition coefficient (Wildman–Crippen LogP) is 1.99. The van der Waals surface area contributed by atoms with Gasteiger partial charge in [-0.25, -0.2) is 4.98 Å². The van der Waals surface area contributed by atoms with Crippen molar-refractivity contribution in [3.8, 4) is 5.88 Å². The molecule has 0 saturated heterocycles. The van der Waals surface area contributed by atoms with Crippen LogP contribution < -0.4 is 10.1 Å². The van der Waals surface area contributed by atoms with E-state index in [1.807, 2.05) is 12.1 Å². The maximum Gasteiger partial charge on any atom is 0.226 e. The molecule has 0 spiro atoms. The first kappa shape index (κ1) is 15.4. The van der Waals surface area contributed by atoms with Gasteiger partial charge in [0.2, 0.25) is 11.8 Å². The van der Waals surface area contributed by atoms with Gasteiger partial charge < -0.3 is 14.6 Å². The number of nitrogens with zero attached hydrogens (tertiary/aromatic N) is 3. The van der Waals surface area contributed by atoms with Crippen molar-refractivity contribution in [2.75, 3.05) is 13.7 Å². The normalized spacial score (nSPS) is 11.0. The van der Waals surface area contributed by atoms with Crippen LogP contribution in [0.1, 0.15) is 37.5 Å². The number of nitrogens with one attached hydrogen (secondary N) is 1. The summed E-state index contributed by atoms with van der Waals surface area (Å²) in [6.07, 6.45) is 4.17.